The Morgan fingerprint density at radius 3 is 2.43 bits per heavy atom. The van der Waals surface area contributed by atoms with E-state index in [2.05, 4.69) is 30.4 Å². The summed E-state index contributed by atoms with van der Waals surface area (Å²) >= 11 is 0. The molecule has 0 saturated carbocycles. The summed E-state index contributed by atoms with van der Waals surface area (Å²) in [6.07, 6.45) is 0. The highest BCUT2D eigenvalue weighted by atomic mass is 15.3. The first-order valence-electron chi connectivity index (χ1n) is 4.27. The van der Waals surface area contributed by atoms with Gasteiger partial charge in [0.25, 0.3) is 0 Å². The Morgan fingerprint density at radius 1 is 1.14 bits per heavy atom. The zero-order valence-electron chi connectivity index (χ0n) is 7.94. The van der Waals surface area contributed by atoms with E-state index in [1.165, 1.54) is 0 Å². The number of nitrogen functional groups attached to an aromatic ring is 1. The van der Waals surface area contributed by atoms with Crippen molar-refractivity contribution in [3.05, 3.63) is 5.82 Å². The molecular weight excluding hydrogens is 182 g/mol. The van der Waals surface area contributed by atoms with Crippen LogP contribution in [0.15, 0.2) is 0 Å². The lowest BCUT2D eigenvalue weighted by atomic mass is 10.2. The van der Waals surface area contributed by atoms with Crippen LogP contribution >= 0.6 is 0 Å². The zero-order chi connectivity index (χ0) is 10.1. The molecule has 7 heteroatoms. The van der Waals surface area contributed by atoms with Gasteiger partial charge in [0, 0.05) is 5.92 Å². The van der Waals surface area contributed by atoms with Crippen molar-refractivity contribution in [3.8, 4) is 11.6 Å². The lowest BCUT2D eigenvalue weighted by molar-refractivity contribution is 0.781. The maximum absolute atomic E-state index is 5.36. The maximum Gasteiger partial charge on any atom is 0.239 e. The summed E-state index contributed by atoms with van der Waals surface area (Å²) in [6.45, 7) is 4.05. The Labute approximate surface area is 80.2 Å². The minimum Gasteiger partial charge on any atom is -0.366 e. The van der Waals surface area contributed by atoms with Gasteiger partial charge in [-0.15, -0.1) is 10.2 Å². The molecule has 7 nitrogen and oxygen atoms in total. The number of H-pyrrole nitrogens is 2. The molecular formula is C7H11N7. The van der Waals surface area contributed by atoms with E-state index >= 15 is 0 Å². The number of nitrogens with one attached hydrogen (secondary N) is 2. The van der Waals surface area contributed by atoms with Crippen LogP contribution in [-0.2, 0) is 0 Å². The van der Waals surface area contributed by atoms with E-state index in [1.54, 1.807) is 0 Å². The molecule has 2 rings (SSSR count). The summed E-state index contributed by atoms with van der Waals surface area (Å²) < 4.78 is 0. The molecule has 2 aromatic heterocycles. The number of nitrogens with two attached hydrogens (primary N) is 1. The fourth-order valence-electron chi connectivity index (χ4n) is 1.01. The molecule has 0 amide bonds. The molecule has 0 fully saturated rings. The fourth-order valence-corrected chi connectivity index (χ4v) is 1.01. The Bertz CT molecular complexity index is 427. The molecule has 0 aliphatic carbocycles. The Morgan fingerprint density at radius 2 is 1.93 bits per heavy atom. The molecule has 14 heavy (non-hydrogen) atoms. The standard InChI is InChI=1S/C7H11N7/c1-3(2)4-9-5(12-11-4)6-10-7(8)14-13-6/h3H,1-2H3,(H,9,11,12)(H3,8,10,13,14). The molecule has 74 valence electrons. The highest BCUT2D eigenvalue weighted by Crippen LogP contribution is 2.13. The molecule has 0 spiro atoms. The van der Waals surface area contributed by atoms with Crippen molar-refractivity contribution >= 4 is 5.95 Å². The predicted octanol–water partition coefficient (Wildman–Crippen LogP) is 0.295. The van der Waals surface area contributed by atoms with Gasteiger partial charge in [0.15, 0.2) is 5.82 Å². The summed E-state index contributed by atoms with van der Waals surface area (Å²) in [5.74, 6) is 2.27. The van der Waals surface area contributed by atoms with Gasteiger partial charge in [0.05, 0.1) is 0 Å². The van der Waals surface area contributed by atoms with Crippen molar-refractivity contribution in [1.82, 2.24) is 30.4 Å². The van der Waals surface area contributed by atoms with Gasteiger partial charge in [-0.05, 0) is 0 Å². The average Bonchev–Trinajstić information content (AvgIpc) is 2.70. The molecule has 4 N–H and O–H groups in total. The minimum absolute atomic E-state index is 0.191. The van der Waals surface area contributed by atoms with E-state index in [9.17, 15) is 0 Å². The topological polar surface area (TPSA) is 109 Å². The van der Waals surface area contributed by atoms with Crippen LogP contribution in [0.3, 0.4) is 0 Å². The lowest BCUT2D eigenvalue weighted by Crippen LogP contribution is -1.89. The number of rotatable bonds is 2. The SMILES string of the molecule is CC(C)c1nc(-c2nc(N)n[nH]2)n[nH]1. The Hall–Kier alpha value is -1.92. The number of aromatic nitrogens is 6. The number of hydrogen-bond donors (Lipinski definition) is 3. The average molecular weight is 193 g/mol. The number of nitrogens with zero attached hydrogens (tertiary/aromatic N) is 4. The highest BCUT2D eigenvalue weighted by Gasteiger charge is 2.11. The molecule has 0 atom stereocenters. The van der Waals surface area contributed by atoms with E-state index < -0.39 is 0 Å². The van der Waals surface area contributed by atoms with E-state index in [1.807, 2.05) is 13.8 Å². The first kappa shape index (κ1) is 8.67. The van der Waals surface area contributed by atoms with E-state index in [4.69, 9.17) is 5.73 Å². The van der Waals surface area contributed by atoms with Gasteiger partial charge in [-0.2, -0.15) is 4.98 Å². The first-order valence-corrected chi connectivity index (χ1v) is 4.27. The van der Waals surface area contributed by atoms with Crippen molar-refractivity contribution in [2.75, 3.05) is 5.73 Å². The van der Waals surface area contributed by atoms with Crippen LogP contribution in [0.4, 0.5) is 5.95 Å². The van der Waals surface area contributed by atoms with Crippen molar-refractivity contribution in [2.45, 2.75) is 19.8 Å². The van der Waals surface area contributed by atoms with Crippen molar-refractivity contribution in [1.29, 1.82) is 0 Å². The van der Waals surface area contributed by atoms with E-state index in [0.717, 1.165) is 5.82 Å². The fraction of sp³-hybridized carbons (Fsp3) is 0.429. The van der Waals surface area contributed by atoms with Crippen molar-refractivity contribution in [2.24, 2.45) is 0 Å². The van der Waals surface area contributed by atoms with Crippen LogP contribution < -0.4 is 5.73 Å². The van der Waals surface area contributed by atoms with Crippen molar-refractivity contribution in [3.63, 3.8) is 0 Å². The number of anilines is 1. The summed E-state index contributed by atoms with van der Waals surface area (Å²) in [5, 5.41) is 13.2. The normalized spacial score (nSPS) is 11.1. The third-order valence-corrected chi connectivity index (χ3v) is 1.76. The van der Waals surface area contributed by atoms with Gasteiger partial charge < -0.3 is 5.73 Å². The summed E-state index contributed by atoms with van der Waals surface area (Å²) in [6, 6.07) is 0. The Balaban J connectivity index is 2.33. The van der Waals surface area contributed by atoms with Crippen molar-refractivity contribution < 1.29 is 0 Å². The van der Waals surface area contributed by atoms with E-state index in [-0.39, 0.29) is 5.95 Å². The third-order valence-electron chi connectivity index (χ3n) is 1.76. The van der Waals surface area contributed by atoms with Crippen LogP contribution in [-0.4, -0.2) is 30.4 Å². The second-order valence-electron chi connectivity index (χ2n) is 3.24. The molecule has 0 aliphatic rings. The largest absolute Gasteiger partial charge is 0.366 e. The first-order chi connectivity index (χ1) is 6.66. The van der Waals surface area contributed by atoms with Crippen LogP contribution in [0.5, 0.6) is 0 Å². The quantitative estimate of drug-likeness (QED) is 0.635. The van der Waals surface area contributed by atoms with Gasteiger partial charge in [-0.3, -0.25) is 10.2 Å². The molecule has 2 heterocycles. The van der Waals surface area contributed by atoms with Crippen LogP contribution in [0, 0.1) is 0 Å². The second-order valence-corrected chi connectivity index (χ2v) is 3.24. The van der Waals surface area contributed by atoms with Gasteiger partial charge in [0.2, 0.25) is 11.8 Å². The van der Waals surface area contributed by atoms with Gasteiger partial charge in [0.1, 0.15) is 5.82 Å². The minimum atomic E-state index is 0.191. The predicted molar refractivity (Wildman–Crippen MR) is 50.3 cm³/mol. The molecule has 0 saturated heterocycles. The van der Waals surface area contributed by atoms with Gasteiger partial charge in [-0.25, -0.2) is 4.98 Å². The monoisotopic (exact) mass is 193 g/mol. The molecule has 0 bridgehead atoms. The highest BCUT2D eigenvalue weighted by molar-refractivity contribution is 5.43. The van der Waals surface area contributed by atoms with E-state index in [0.29, 0.717) is 17.6 Å². The smallest absolute Gasteiger partial charge is 0.239 e. The van der Waals surface area contributed by atoms with Gasteiger partial charge in [-0.1, -0.05) is 13.8 Å². The lowest BCUT2D eigenvalue weighted by Gasteiger charge is -1.94. The van der Waals surface area contributed by atoms with Crippen LogP contribution in [0.2, 0.25) is 0 Å². The second kappa shape index (κ2) is 3.09. The number of hydrogen-bond acceptors (Lipinski definition) is 5. The van der Waals surface area contributed by atoms with Gasteiger partial charge >= 0.3 is 0 Å². The number of aromatic amines is 2. The van der Waals surface area contributed by atoms with Crippen LogP contribution in [0.1, 0.15) is 25.6 Å². The Kier molecular flexibility index (Phi) is 1.91. The molecule has 0 unspecified atom stereocenters. The molecule has 0 aliphatic heterocycles. The summed E-state index contributed by atoms with van der Waals surface area (Å²) in [4.78, 5) is 8.16. The maximum atomic E-state index is 5.36. The third kappa shape index (κ3) is 1.43. The molecule has 0 aromatic carbocycles. The summed E-state index contributed by atoms with van der Waals surface area (Å²) in [5.41, 5.74) is 5.36. The van der Waals surface area contributed by atoms with Crippen LogP contribution in [0.25, 0.3) is 11.6 Å². The summed E-state index contributed by atoms with van der Waals surface area (Å²) in [7, 11) is 0. The molecule has 0 radical (unpaired) electrons. The molecule has 2 aromatic rings. The zero-order valence-corrected chi connectivity index (χ0v) is 7.94.